The molecule has 0 aromatic heterocycles. The molecule has 0 fully saturated rings. The number of hydrogen-bond donors (Lipinski definition) is 0. The second-order valence-electron chi connectivity index (χ2n) is 45.0. The molecule has 1 unspecified atom stereocenters. The van der Waals surface area contributed by atoms with Crippen LogP contribution in [-0.4, -0.2) is 13.4 Å². The van der Waals surface area contributed by atoms with Gasteiger partial charge in [0.05, 0.1) is 11.4 Å². The molecule has 18 rings (SSSR count). The smallest absolute Gasteiger partial charge is 0.252 e. The molecule has 0 saturated heterocycles. The first-order valence-corrected chi connectivity index (χ1v) is 44.0. The molecule has 4 aliphatic heterocycles. The summed E-state index contributed by atoms with van der Waals surface area (Å²) in [6.07, 6.45) is 2.95. The highest BCUT2D eigenvalue weighted by atomic mass is 15.2. The van der Waals surface area contributed by atoms with Gasteiger partial charge in [0.1, 0.15) is 0 Å². The van der Waals surface area contributed by atoms with Gasteiger partial charge in [0, 0.05) is 68.0 Å². The highest BCUT2D eigenvalue weighted by molar-refractivity contribution is 7.01. The summed E-state index contributed by atoms with van der Waals surface area (Å²) in [4.78, 5) is 10.7. The Morgan fingerprint density at radius 2 is 0.661 bits per heavy atom. The van der Waals surface area contributed by atoms with Crippen LogP contribution in [0.3, 0.4) is 0 Å². The molecule has 12 aromatic carbocycles. The summed E-state index contributed by atoms with van der Waals surface area (Å²) < 4.78 is 0. The lowest BCUT2D eigenvalue weighted by Crippen LogP contribution is -2.61. The van der Waals surface area contributed by atoms with Crippen molar-refractivity contribution in [3.05, 3.63) is 297 Å². The van der Waals surface area contributed by atoms with Gasteiger partial charge in [0.25, 0.3) is 13.4 Å². The van der Waals surface area contributed by atoms with Crippen LogP contribution in [0.4, 0.5) is 68.2 Å². The third kappa shape index (κ3) is 12.9. The zero-order valence-electron chi connectivity index (χ0n) is 75.9. The Morgan fingerprint density at radius 3 is 1.19 bits per heavy atom. The molecule has 2 aliphatic carbocycles. The van der Waals surface area contributed by atoms with Gasteiger partial charge in [0.2, 0.25) is 0 Å². The molecule has 12 aromatic rings. The van der Waals surface area contributed by atoms with Crippen LogP contribution >= 0.6 is 0 Å². The fourth-order valence-corrected chi connectivity index (χ4v) is 22.2. The van der Waals surface area contributed by atoms with Gasteiger partial charge in [-0.2, -0.15) is 0 Å². The maximum absolute atomic E-state index is 2.76. The first-order chi connectivity index (χ1) is 55.2. The minimum Gasteiger partial charge on any atom is -0.311 e. The molecule has 598 valence electrons. The largest absolute Gasteiger partial charge is 0.311 e. The van der Waals surface area contributed by atoms with Crippen molar-refractivity contribution in [3.8, 4) is 22.3 Å². The van der Waals surface area contributed by atoms with E-state index in [9.17, 15) is 0 Å². The third-order valence-corrected chi connectivity index (χ3v) is 28.1. The monoisotopic (exact) mass is 1550 g/mol. The molecule has 0 radical (unpaired) electrons. The maximum atomic E-state index is 2.76. The van der Waals surface area contributed by atoms with E-state index in [2.05, 4.69) is 431 Å². The van der Waals surface area contributed by atoms with E-state index in [1.54, 1.807) is 0 Å². The second kappa shape index (κ2) is 26.5. The Kier molecular flexibility index (Phi) is 17.8. The van der Waals surface area contributed by atoms with Crippen LogP contribution in [0.25, 0.3) is 22.3 Å². The lowest BCUT2D eigenvalue weighted by molar-refractivity contribution is 0.374. The summed E-state index contributed by atoms with van der Waals surface area (Å²) in [5.74, 6) is 0. The molecule has 0 amide bonds. The van der Waals surface area contributed by atoms with Crippen molar-refractivity contribution in [2.45, 2.75) is 260 Å². The van der Waals surface area contributed by atoms with E-state index in [1.807, 2.05) is 0 Å². The second-order valence-corrected chi connectivity index (χ2v) is 45.0. The molecule has 0 N–H and O–H groups in total. The van der Waals surface area contributed by atoms with Gasteiger partial charge in [-0.15, -0.1) is 0 Å². The van der Waals surface area contributed by atoms with Gasteiger partial charge in [-0.1, -0.05) is 300 Å². The Morgan fingerprint density at radius 1 is 0.271 bits per heavy atom. The quantitative estimate of drug-likeness (QED) is 0.141. The molecule has 4 heterocycles. The lowest BCUT2D eigenvalue weighted by atomic mass is 9.33. The summed E-state index contributed by atoms with van der Waals surface area (Å²) in [6.45, 7) is 64.7. The van der Waals surface area contributed by atoms with Crippen molar-refractivity contribution in [1.29, 1.82) is 0 Å². The molecule has 118 heavy (non-hydrogen) atoms. The predicted octanol–water partition coefficient (Wildman–Crippen LogP) is 26.7. The SMILES string of the molecule is Cc1cc2c3c(c1)N(c1ccc(C(C)(C)C)cc1-c1cccc(CC4(C)CC(C)(C)c5cc6c(cc54)B4c5ccc(C(C)(C)C)cc5N(c5cccc(C(C)(C)C)c5)c5cc(C)cc(c54)N6c4ccc(C(C)(C)C)cc4-c4ccccc4)c1)c1cc4c(cc1B3c1cc(C(C)(C)C)ccc1N2c1ccc(C(C)(C)C)cc1)C(C)(C)CC4(C)C. The molecule has 1 atom stereocenters. The molecule has 0 saturated carbocycles. The normalized spacial score (nSPS) is 17.4. The van der Waals surface area contributed by atoms with Crippen LogP contribution in [0.15, 0.2) is 224 Å². The molecule has 4 nitrogen and oxygen atoms in total. The van der Waals surface area contributed by atoms with Crippen molar-refractivity contribution in [3.63, 3.8) is 0 Å². The molecule has 6 aliphatic rings. The number of nitrogens with zero attached hydrogens (tertiary/aromatic N) is 4. The topological polar surface area (TPSA) is 13.0 Å². The number of aryl methyl sites for hydroxylation is 2. The first-order valence-electron chi connectivity index (χ1n) is 44.0. The van der Waals surface area contributed by atoms with Crippen LogP contribution in [-0.2, 0) is 60.6 Å². The zero-order chi connectivity index (χ0) is 84.0. The van der Waals surface area contributed by atoms with E-state index >= 15 is 0 Å². The minimum atomic E-state index is -0.259. The minimum absolute atomic E-state index is 0.0121. The summed E-state index contributed by atoms with van der Waals surface area (Å²) in [7, 11) is 0. The maximum Gasteiger partial charge on any atom is 0.252 e. The van der Waals surface area contributed by atoms with E-state index in [-0.39, 0.29) is 67.6 Å². The van der Waals surface area contributed by atoms with Crippen LogP contribution in [0.2, 0.25) is 0 Å². The van der Waals surface area contributed by atoms with Crippen LogP contribution in [0.1, 0.15) is 258 Å². The Hall–Kier alpha value is -10.0. The highest BCUT2D eigenvalue weighted by Gasteiger charge is 2.53. The standard InChI is InChI=1S/C112H124B2N4/c1-68-51-97-102-100(54-68)118(95-63-84-83(109(21,22)66-110(84,23)24)61-89(95)114(102)88-59-77(107(15,16)17)44-50-93(88)115(97)79-45-39-73(40-46-79)103(3,4)5)92-49-43-76(106(12,13)14)58-82(92)72-36-31-33-70(55-72)65-112(27)67-111(25,26)85-64-96-90(62-86(85)112)113-87-47-41-78(108(18,19)20)60-94(87)116(80-38-32-37-74(56-80)104(6,7)8)98-52-69(2)53-99(101(98)113)117(96)91-48-42-75(105(9,10)11)57-81(91)71-34-29-28-30-35-71/h28-64H,65-67H2,1-27H3. The van der Waals surface area contributed by atoms with Gasteiger partial charge in [0.15, 0.2) is 0 Å². The summed E-state index contributed by atoms with van der Waals surface area (Å²) >= 11 is 0. The van der Waals surface area contributed by atoms with Crippen molar-refractivity contribution in [1.82, 2.24) is 0 Å². The Labute approximate surface area is 708 Å². The van der Waals surface area contributed by atoms with E-state index in [0.29, 0.717) is 0 Å². The van der Waals surface area contributed by atoms with Crippen LogP contribution in [0.5, 0.6) is 0 Å². The molecular weight excluding hydrogens is 1420 g/mol. The van der Waals surface area contributed by atoms with E-state index in [0.717, 1.165) is 19.3 Å². The number of rotatable bonds is 8. The van der Waals surface area contributed by atoms with Crippen LogP contribution in [0, 0.1) is 13.8 Å². The van der Waals surface area contributed by atoms with Crippen molar-refractivity contribution < 1.29 is 0 Å². The summed E-state index contributed by atoms with van der Waals surface area (Å²) in [6, 6.07) is 90.8. The van der Waals surface area contributed by atoms with Gasteiger partial charge in [-0.25, -0.2) is 0 Å². The molecule has 6 heteroatoms. The van der Waals surface area contributed by atoms with E-state index in [1.165, 1.54) is 196 Å². The summed E-state index contributed by atoms with van der Waals surface area (Å²) in [5.41, 5.74) is 44.8. The van der Waals surface area contributed by atoms with Crippen molar-refractivity contribution in [2.24, 2.45) is 0 Å². The van der Waals surface area contributed by atoms with E-state index in [4.69, 9.17) is 0 Å². The van der Waals surface area contributed by atoms with Gasteiger partial charge in [-0.05, 0) is 301 Å². The van der Waals surface area contributed by atoms with Gasteiger partial charge in [-0.3, -0.25) is 0 Å². The Bertz CT molecular complexity index is 6140. The number of fused-ring (bicyclic) bond motifs is 10. The fraction of sp³-hybridized carbons (Fsp3) is 0.357. The third-order valence-electron chi connectivity index (χ3n) is 28.1. The first kappa shape index (κ1) is 79.1. The summed E-state index contributed by atoms with van der Waals surface area (Å²) in [5, 5.41) is 0. The lowest BCUT2D eigenvalue weighted by Gasteiger charge is -2.46. The molecule has 0 bridgehead atoms. The van der Waals surface area contributed by atoms with E-state index < -0.39 is 0 Å². The fourth-order valence-electron chi connectivity index (χ4n) is 22.2. The van der Waals surface area contributed by atoms with Crippen molar-refractivity contribution in [2.75, 3.05) is 19.6 Å². The molecule has 0 spiro atoms. The van der Waals surface area contributed by atoms with Crippen LogP contribution < -0.4 is 52.4 Å². The number of hydrogen-bond acceptors (Lipinski definition) is 4. The predicted molar refractivity (Wildman–Crippen MR) is 513 cm³/mol. The van der Waals surface area contributed by atoms with Gasteiger partial charge < -0.3 is 19.6 Å². The van der Waals surface area contributed by atoms with Crippen molar-refractivity contribution >= 4 is 114 Å². The average molecular weight is 1550 g/mol. The number of benzene rings is 12. The number of anilines is 12. The average Bonchev–Trinajstić information content (AvgIpc) is 1.09. The molecular formula is C112H124B2N4. The Balaban J connectivity index is 0.841. The van der Waals surface area contributed by atoms with Gasteiger partial charge >= 0.3 is 0 Å². The highest BCUT2D eigenvalue weighted by Crippen LogP contribution is 2.58. The zero-order valence-corrected chi connectivity index (χ0v) is 75.9.